The van der Waals surface area contributed by atoms with Gasteiger partial charge in [0, 0.05) is 10.7 Å². The van der Waals surface area contributed by atoms with Crippen LogP contribution in [-0.4, -0.2) is 0 Å². The molecular formula is C51H34ClN. The third-order valence-corrected chi connectivity index (χ3v) is 12.3. The minimum Gasteiger partial charge on any atom is -0.310 e. The molecule has 0 aromatic heterocycles. The van der Waals surface area contributed by atoms with Crippen molar-refractivity contribution >= 4 is 28.7 Å². The molecular weight excluding hydrogens is 662 g/mol. The van der Waals surface area contributed by atoms with Crippen LogP contribution in [0.5, 0.6) is 0 Å². The fraction of sp³-hybridized carbons (Fsp3) is 0.0588. The molecule has 8 aromatic rings. The van der Waals surface area contributed by atoms with Gasteiger partial charge < -0.3 is 4.90 Å². The number of rotatable bonds is 3. The van der Waals surface area contributed by atoms with Crippen LogP contribution in [-0.2, 0) is 10.8 Å². The van der Waals surface area contributed by atoms with E-state index >= 15 is 0 Å². The average molecular weight is 696 g/mol. The first-order valence-electron chi connectivity index (χ1n) is 18.4. The molecule has 1 spiro atoms. The van der Waals surface area contributed by atoms with Crippen molar-refractivity contribution in [1.29, 1.82) is 0 Å². The minimum absolute atomic E-state index is 0.560. The van der Waals surface area contributed by atoms with Gasteiger partial charge in [0.2, 0.25) is 0 Å². The molecule has 0 amide bonds. The van der Waals surface area contributed by atoms with Gasteiger partial charge >= 0.3 is 0 Å². The van der Waals surface area contributed by atoms with Crippen LogP contribution < -0.4 is 4.90 Å². The van der Waals surface area contributed by atoms with E-state index in [4.69, 9.17) is 11.6 Å². The van der Waals surface area contributed by atoms with Gasteiger partial charge in [-0.3, -0.25) is 0 Å². The molecule has 53 heavy (non-hydrogen) atoms. The topological polar surface area (TPSA) is 3.24 Å². The standard InChI is InChI=1S/C51H34ClN/c1-33-16-15-27-44-49(33)53(37-21-9-4-10-22-37)48-31-41-40-29-28-36(52)30-45(40)50(34-17-5-2-6-18-34,35-19-7-3-8-20-35)46(41)32-47(48)51(44)42-25-13-11-23-38(42)39-24-12-14-26-43(39)51/h2-32H,1H3. The Morgan fingerprint density at radius 2 is 0.925 bits per heavy atom. The number of hydrogen-bond acceptors (Lipinski definition) is 1. The highest BCUT2D eigenvalue weighted by Gasteiger charge is 2.54. The van der Waals surface area contributed by atoms with Crippen molar-refractivity contribution in [2.75, 3.05) is 4.90 Å². The first-order valence-corrected chi connectivity index (χ1v) is 18.8. The van der Waals surface area contributed by atoms with E-state index in [2.05, 4.69) is 200 Å². The van der Waals surface area contributed by atoms with E-state index in [0.717, 1.165) is 10.7 Å². The molecule has 1 aliphatic heterocycles. The van der Waals surface area contributed by atoms with Crippen LogP contribution in [0.1, 0.15) is 50.1 Å². The summed E-state index contributed by atoms with van der Waals surface area (Å²) >= 11 is 6.98. The van der Waals surface area contributed by atoms with Gasteiger partial charge in [-0.05, 0) is 116 Å². The van der Waals surface area contributed by atoms with Crippen LogP contribution in [0.25, 0.3) is 22.3 Å². The van der Waals surface area contributed by atoms with Gasteiger partial charge in [0.15, 0.2) is 0 Å². The first-order chi connectivity index (χ1) is 26.1. The summed E-state index contributed by atoms with van der Waals surface area (Å²) in [6.07, 6.45) is 0. The third-order valence-electron chi connectivity index (χ3n) is 12.1. The zero-order chi connectivity index (χ0) is 35.3. The number of anilines is 3. The monoisotopic (exact) mass is 695 g/mol. The first kappa shape index (κ1) is 30.5. The Morgan fingerprint density at radius 1 is 0.396 bits per heavy atom. The maximum absolute atomic E-state index is 6.98. The highest BCUT2D eigenvalue weighted by molar-refractivity contribution is 6.30. The van der Waals surface area contributed by atoms with Gasteiger partial charge in [-0.25, -0.2) is 0 Å². The van der Waals surface area contributed by atoms with Crippen molar-refractivity contribution in [1.82, 2.24) is 0 Å². The maximum Gasteiger partial charge on any atom is 0.0754 e. The normalized spacial score (nSPS) is 14.9. The average Bonchev–Trinajstić information content (AvgIpc) is 3.66. The summed E-state index contributed by atoms with van der Waals surface area (Å²) in [6.45, 7) is 2.26. The fourth-order valence-electron chi connectivity index (χ4n) is 10.2. The molecule has 11 rings (SSSR count). The fourth-order valence-corrected chi connectivity index (χ4v) is 10.3. The number of aryl methyl sites for hydroxylation is 1. The molecule has 8 aromatic carbocycles. The minimum atomic E-state index is -0.601. The Labute approximate surface area is 315 Å². The molecule has 0 saturated carbocycles. The lowest BCUT2D eigenvalue weighted by atomic mass is 9.62. The van der Waals surface area contributed by atoms with Gasteiger partial charge in [-0.1, -0.05) is 163 Å². The quantitative estimate of drug-likeness (QED) is 0.178. The smallest absolute Gasteiger partial charge is 0.0754 e. The van der Waals surface area contributed by atoms with Gasteiger partial charge in [0.1, 0.15) is 0 Å². The van der Waals surface area contributed by atoms with E-state index in [1.54, 1.807) is 0 Å². The van der Waals surface area contributed by atoms with Gasteiger partial charge in [-0.15, -0.1) is 0 Å². The molecule has 2 aliphatic carbocycles. The highest BCUT2D eigenvalue weighted by atomic mass is 35.5. The van der Waals surface area contributed by atoms with Crippen molar-refractivity contribution in [2.45, 2.75) is 17.8 Å². The van der Waals surface area contributed by atoms with Crippen molar-refractivity contribution in [3.63, 3.8) is 0 Å². The number of halogens is 1. The second-order valence-electron chi connectivity index (χ2n) is 14.6. The second kappa shape index (κ2) is 11.2. The summed E-state index contributed by atoms with van der Waals surface area (Å²) in [5, 5.41) is 0.738. The van der Waals surface area contributed by atoms with Crippen molar-refractivity contribution in [2.24, 2.45) is 0 Å². The molecule has 0 N–H and O–H groups in total. The lowest BCUT2D eigenvalue weighted by molar-refractivity contribution is 0.732. The van der Waals surface area contributed by atoms with E-state index < -0.39 is 10.8 Å². The molecule has 0 atom stereocenters. The predicted octanol–water partition coefficient (Wildman–Crippen LogP) is 13.2. The molecule has 1 heterocycles. The largest absolute Gasteiger partial charge is 0.310 e. The van der Waals surface area contributed by atoms with E-state index in [1.807, 2.05) is 0 Å². The van der Waals surface area contributed by atoms with Crippen LogP contribution in [0.2, 0.25) is 5.02 Å². The number of nitrogens with zero attached hydrogens (tertiary/aromatic N) is 1. The summed E-state index contributed by atoms with van der Waals surface area (Å²) in [5.74, 6) is 0. The van der Waals surface area contributed by atoms with E-state index in [9.17, 15) is 0 Å². The Kier molecular flexibility index (Phi) is 6.42. The van der Waals surface area contributed by atoms with Crippen molar-refractivity contribution < 1.29 is 0 Å². The Hall–Kier alpha value is -6.15. The molecule has 0 fully saturated rings. The Morgan fingerprint density at radius 3 is 1.57 bits per heavy atom. The van der Waals surface area contributed by atoms with Crippen LogP contribution in [0.15, 0.2) is 188 Å². The highest BCUT2D eigenvalue weighted by Crippen LogP contribution is 2.66. The lowest BCUT2D eigenvalue weighted by Gasteiger charge is -2.46. The molecule has 0 unspecified atom stereocenters. The lowest BCUT2D eigenvalue weighted by Crippen LogP contribution is -2.37. The maximum atomic E-state index is 6.98. The molecule has 3 aliphatic rings. The summed E-state index contributed by atoms with van der Waals surface area (Å²) in [4.78, 5) is 2.52. The SMILES string of the molecule is Cc1cccc2c1N(c1ccccc1)c1cc3c(cc1C21c2ccccc2-c2ccccc21)C(c1ccccc1)(c1ccccc1)c1cc(Cl)ccc1-3. The van der Waals surface area contributed by atoms with Crippen LogP contribution >= 0.6 is 11.6 Å². The van der Waals surface area contributed by atoms with E-state index in [-0.39, 0.29) is 0 Å². The number of benzene rings is 8. The van der Waals surface area contributed by atoms with Crippen LogP contribution in [0, 0.1) is 6.92 Å². The van der Waals surface area contributed by atoms with Crippen LogP contribution in [0.4, 0.5) is 17.1 Å². The van der Waals surface area contributed by atoms with Crippen molar-refractivity contribution in [3.8, 4) is 22.3 Å². The van der Waals surface area contributed by atoms with Crippen LogP contribution in [0.3, 0.4) is 0 Å². The van der Waals surface area contributed by atoms with Crippen molar-refractivity contribution in [3.05, 3.63) is 243 Å². The Bertz CT molecular complexity index is 2660. The summed E-state index contributed by atoms with van der Waals surface area (Å²) in [5.41, 5.74) is 18.9. The molecule has 0 bridgehead atoms. The third kappa shape index (κ3) is 3.87. The summed E-state index contributed by atoms with van der Waals surface area (Å²) in [7, 11) is 0. The zero-order valence-corrected chi connectivity index (χ0v) is 30.0. The van der Waals surface area contributed by atoms with E-state index in [0.29, 0.717) is 0 Å². The number of hydrogen-bond donors (Lipinski definition) is 0. The van der Waals surface area contributed by atoms with Gasteiger partial charge in [0.05, 0.1) is 22.2 Å². The Balaban J connectivity index is 1.37. The summed E-state index contributed by atoms with van der Waals surface area (Å²) < 4.78 is 0. The second-order valence-corrected chi connectivity index (χ2v) is 15.0. The molecule has 1 nitrogen and oxygen atoms in total. The summed E-state index contributed by atoms with van der Waals surface area (Å²) in [6, 6.07) is 69.6. The van der Waals surface area contributed by atoms with Gasteiger partial charge in [-0.2, -0.15) is 0 Å². The molecule has 250 valence electrons. The van der Waals surface area contributed by atoms with Gasteiger partial charge in [0.25, 0.3) is 0 Å². The zero-order valence-electron chi connectivity index (χ0n) is 29.2. The molecule has 0 radical (unpaired) electrons. The predicted molar refractivity (Wildman–Crippen MR) is 219 cm³/mol. The van der Waals surface area contributed by atoms with E-state index in [1.165, 1.54) is 83.7 Å². The number of para-hydroxylation sites is 2. The number of fused-ring (bicyclic) bond motifs is 12. The molecule has 0 saturated heterocycles. The molecule has 2 heteroatoms.